The predicted octanol–water partition coefficient (Wildman–Crippen LogP) is 4.78. The van der Waals surface area contributed by atoms with E-state index in [1.807, 2.05) is 6.07 Å². The first kappa shape index (κ1) is 14.7. The molecule has 1 atom stereocenters. The second kappa shape index (κ2) is 6.29. The minimum Gasteiger partial charge on any atom is -0.307 e. The quantitative estimate of drug-likeness (QED) is 0.839. The van der Waals surface area contributed by atoms with E-state index in [1.54, 1.807) is 12.1 Å². The number of benzene rings is 2. The van der Waals surface area contributed by atoms with Crippen LogP contribution >= 0.6 is 15.9 Å². The van der Waals surface area contributed by atoms with Gasteiger partial charge in [-0.25, -0.2) is 4.39 Å². The molecule has 1 aliphatic rings. The number of halogens is 2. The number of aryl methyl sites for hydroxylation is 2. The van der Waals surface area contributed by atoms with Crippen LogP contribution in [-0.4, -0.2) is 6.54 Å². The lowest BCUT2D eigenvalue weighted by atomic mass is 9.95. The van der Waals surface area contributed by atoms with Gasteiger partial charge in [0.05, 0.1) is 10.5 Å². The lowest BCUT2D eigenvalue weighted by Crippen LogP contribution is -2.22. The molecule has 3 heteroatoms. The van der Waals surface area contributed by atoms with E-state index in [0.29, 0.717) is 4.47 Å². The van der Waals surface area contributed by atoms with Gasteiger partial charge in [0.2, 0.25) is 0 Å². The van der Waals surface area contributed by atoms with E-state index in [2.05, 4.69) is 46.4 Å². The zero-order valence-corrected chi connectivity index (χ0v) is 13.7. The molecule has 110 valence electrons. The van der Waals surface area contributed by atoms with Crippen LogP contribution in [0.4, 0.5) is 4.39 Å². The zero-order chi connectivity index (χ0) is 14.8. The highest BCUT2D eigenvalue weighted by Crippen LogP contribution is 2.30. The van der Waals surface area contributed by atoms with Crippen LogP contribution in [0, 0.1) is 5.82 Å². The van der Waals surface area contributed by atoms with Gasteiger partial charge >= 0.3 is 0 Å². The van der Waals surface area contributed by atoms with Crippen LogP contribution in [0.1, 0.15) is 41.6 Å². The molecule has 1 unspecified atom stereocenters. The first-order valence-corrected chi connectivity index (χ1v) is 8.28. The van der Waals surface area contributed by atoms with E-state index in [-0.39, 0.29) is 11.9 Å². The fourth-order valence-corrected chi connectivity index (χ4v) is 3.34. The Morgan fingerprint density at radius 2 is 1.81 bits per heavy atom. The molecule has 0 saturated carbocycles. The van der Waals surface area contributed by atoms with Gasteiger partial charge in [-0.3, -0.25) is 0 Å². The number of hydrogen-bond donors (Lipinski definition) is 1. The molecule has 0 aliphatic heterocycles. The summed E-state index contributed by atoms with van der Waals surface area (Å²) in [4.78, 5) is 0. The summed E-state index contributed by atoms with van der Waals surface area (Å²) in [5, 5.41) is 3.47. The number of fused-ring (bicyclic) bond motifs is 1. The molecular formula is C18H19BrFN. The highest BCUT2D eigenvalue weighted by molar-refractivity contribution is 9.10. The second-order valence-electron chi connectivity index (χ2n) is 5.55. The first-order valence-electron chi connectivity index (χ1n) is 7.49. The molecule has 0 radical (unpaired) electrons. The lowest BCUT2D eigenvalue weighted by molar-refractivity contribution is 0.598. The van der Waals surface area contributed by atoms with E-state index in [9.17, 15) is 4.39 Å². The van der Waals surface area contributed by atoms with Crippen molar-refractivity contribution in [3.8, 4) is 0 Å². The van der Waals surface area contributed by atoms with Crippen molar-refractivity contribution in [3.05, 3.63) is 68.9 Å². The van der Waals surface area contributed by atoms with Crippen molar-refractivity contribution >= 4 is 15.9 Å². The van der Waals surface area contributed by atoms with Gasteiger partial charge < -0.3 is 5.32 Å². The van der Waals surface area contributed by atoms with Crippen molar-refractivity contribution in [2.45, 2.75) is 32.2 Å². The molecule has 1 nitrogen and oxygen atoms in total. The molecule has 0 heterocycles. The monoisotopic (exact) mass is 347 g/mol. The van der Waals surface area contributed by atoms with Crippen molar-refractivity contribution < 1.29 is 4.39 Å². The lowest BCUT2D eigenvalue weighted by Gasteiger charge is -2.20. The smallest absolute Gasteiger partial charge is 0.137 e. The Morgan fingerprint density at radius 1 is 1.10 bits per heavy atom. The SMILES string of the molecule is CCNC(c1ccc(Br)c(F)c1)c1ccc2c(c1)CCC2. The summed E-state index contributed by atoms with van der Waals surface area (Å²) < 4.78 is 14.4. The average molecular weight is 348 g/mol. The van der Waals surface area contributed by atoms with Crippen LogP contribution in [-0.2, 0) is 12.8 Å². The van der Waals surface area contributed by atoms with E-state index in [0.717, 1.165) is 18.5 Å². The van der Waals surface area contributed by atoms with Crippen molar-refractivity contribution in [1.82, 2.24) is 5.32 Å². The molecule has 0 fully saturated rings. The van der Waals surface area contributed by atoms with Crippen molar-refractivity contribution in [2.24, 2.45) is 0 Å². The molecule has 1 aliphatic carbocycles. The molecule has 1 N–H and O–H groups in total. The van der Waals surface area contributed by atoms with Crippen LogP contribution in [0.5, 0.6) is 0 Å². The van der Waals surface area contributed by atoms with Crippen LogP contribution < -0.4 is 5.32 Å². The van der Waals surface area contributed by atoms with Crippen molar-refractivity contribution in [1.29, 1.82) is 0 Å². The molecule has 3 rings (SSSR count). The highest BCUT2D eigenvalue weighted by Gasteiger charge is 2.18. The summed E-state index contributed by atoms with van der Waals surface area (Å²) in [5.74, 6) is -0.212. The summed E-state index contributed by atoms with van der Waals surface area (Å²) >= 11 is 3.22. The van der Waals surface area contributed by atoms with Gasteiger partial charge in [-0.15, -0.1) is 0 Å². The van der Waals surface area contributed by atoms with Crippen LogP contribution in [0.3, 0.4) is 0 Å². The topological polar surface area (TPSA) is 12.0 Å². The summed E-state index contributed by atoms with van der Waals surface area (Å²) in [7, 11) is 0. The number of hydrogen-bond acceptors (Lipinski definition) is 1. The molecule has 2 aromatic carbocycles. The molecular weight excluding hydrogens is 329 g/mol. The van der Waals surface area contributed by atoms with Crippen LogP contribution in [0.25, 0.3) is 0 Å². The molecule has 0 spiro atoms. The first-order chi connectivity index (χ1) is 10.2. The fourth-order valence-electron chi connectivity index (χ4n) is 3.10. The third kappa shape index (κ3) is 3.04. The Labute approximate surface area is 133 Å². The standard InChI is InChI=1S/C18H19BrFN/c1-2-21-18(15-8-9-16(19)17(20)11-15)14-7-6-12-4-3-5-13(12)10-14/h6-11,18,21H,2-5H2,1H3. The minimum atomic E-state index is -0.212. The molecule has 0 aromatic heterocycles. The normalized spacial score (nSPS) is 15.0. The zero-order valence-electron chi connectivity index (χ0n) is 12.1. The van der Waals surface area contributed by atoms with E-state index < -0.39 is 0 Å². The van der Waals surface area contributed by atoms with Crippen LogP contribution in [0.15, 0.2) is 40.9 Å². The minimum absolute atomic E-state index is 0.0449. The molecule has 0 saturated heterocycles. The van der Waals surface area contributed by atoms with E-state index in [1.165, 1.54) is 29.5 Å². The van der Waals surface area contributed by atoms with Gasteiger partial charge in [-0.05, 0) is 76.1 Å². The molecule has 21 heavy (non-hydrogen) atoms. The highest BCUT2D eigenvalue weighted by atomic mass is 79.9. The van der Waals surface area contributed by atoms with Crippen molar-refractivity contribution in [3.63, 3.8) is 0 Å². The Kier molecular flexibility index (Phi) is 4.41. The number of rotatable bonds is 4. The molecule has 0 amide bonds. The van der Waals surface area contributed by atoms with E-state index in [4.69, 9.17) is 0 Å². The fraction of sp³-hybridized carbons (Fsp3) is 0.333. The summed E-state index contributed by atoms with van der Waals surface area (Å²) in [6.45, 7) is 2.93. The summed E-state index contributed by atoms with van der Waals surface area (Å²) in [5.41, 5.74) is 5.11. The van der Waals surface area contributed by atoms with E-state index >= 15 is 0 Å². The van der Waals surface area contributed by atoms with Gasteiger partial charge in [0.25, 0.3) is 0 Å². The number of nitrogens with one attached hydrogen (secondary N) is 1. The van der Waals surface area contributed by atoms with Crippen molar-refractivity contribution in [2.75, 3.05) is 6.54 Å². The molecule has 0 bridgehead atoms. The van der Waals surface area contributed by atoms with Crippen LogP contribution in [0.2, 0.25) is 0 Å². The second-order valence-corrected chi connectivity index (χ2v) is 6.40. The van der Waals surface area contributed by atoms with Gasteiger partial charge in [0.1, 0.15) is 5.82 Å². The third-order valence-corrected chi connectivity index (χ3v) is 4.78. The largest absolute Gasteiger partial charge is 0.307 e. The maximum Gasteiger partial charge on any atom is 0.137 e. The Hall–Kier alpha value is -1.19. The molecule has 2 aromatic rings. The Bertz CT molecular complexity index is 654. The van der Waals surface area contributed by atoms with Gasteiger partial charge in [-0.1, -0.05) is 31.2 Å². The van der Waals surface area contributed by atoms with Gasteiger partial charge in [0.15, 0.2) is 0 Å². The summed E-state index contributed by atoms with van der Waals surface area (Å²) in [6.07, 6.45) is 3.60. The predicted molar refractivity (Wildman–Crippen MR) is 88.1 cm³/mol. The maximum absolute atomic E-state index is 13.8. The van der Waals surface area contributed by atoms with Gasteiger partial charge in [0, 0.05) is 0 Å². The third-order valence-electron chi connectivity index (χ3n) is 4.14. The Balaban J connectivity index is 1.99. The summed E-state index contributed by atoms with van der Waals surface area (Å²) in [6, 6.07) is 12.1. The van der Waals surface area contributed by atoms with Gasteiger partial charge in [-0.2, -0.15) is 0 Å². The Morgan fingerprint density at radius 3 is 2.57 bits per heavy atom. The maximum atomic E-state index is 13.8. The average Bonchev–Trinajstić information content (AvgIpc) is 2.95.